The minimum absolute atomic E-state index is 0.0445. The van der Waals surface area contributed by atoms with Crippen molar-refractivity contribution in [2.24, 2.45) is 0 Å². The quantitative estimate of drug-likeness (QED) is 0.351. The lowest BCUT2D eigenvalue weighted by atomic mass is 10.3. The van der Waals surface area contributed by atoms with Gasteiger partial charge in [0.2, 0.25) is 4.77 Å². The Kier molecular flexibility index (Phi) is 5.96. The molecule has 1 heterocycles. The Balaban J connectivity index is 1.94. The molecule has 0 aliphatic heterocycles. The number of H-pyrrole nitrogens is 2. The van der Waals surface area contributed by atoms with E-state index in [1.807, 2.05) is 25.1 Å². The van der Waals surface area contributed by atoms with Crippen molar-refractivity contribution in [3.63, 3.8) is 0 Å². The Morgan fingerprint density at radius 3 is 2.63 bits per heavy atom. The molecule has 0 amide bonds. The third-order valence-corrected chi connectivity index (χ3v) is 5.11. The maximum atomic E-state index is 5.97. The number of thioether (sulfide) groups is 1. The summed E-state index contributed by atoms with van der Waals surface area (Å²) in [5, 5.41) is 5.71. The summed E-state index contributed by atoms with van der Waals surface area (Å²) in [5.41, 5.74) is 0.0445. The molecule has 8 heteroatoms. The molecule has 102 valence electrons. The second-order valence-electron chi connectivity index (χ2n) is 3.66. The maximum Gasteiger partial charge on any atom is 0.213 e. The monoisotopic (exact) mass is 519 g/mol. The van der Waals surface area contributed by atoms with Crippen LogP contribution in [0.1, 0.15) is 12.7 Å². The summed E-state index contributed by atoms with van der Waals surface area (Å²) in [4.78, 5) is 4.15. The first-order valence-corrected chi connectivity index (χ1v) is 9.03. The Hall–Kier alpha value is 0.190. The van der Waals surface area contributed by atoms with Gasteiger partial charge in [-0.15, -0.1) is 11.8 Å². The highest BCUT2D eigenvalue weighted by Gasteiger charge is 2.11. The molecule has 1 aromatic heterocycles. The maximum absolute atomic E-state index is 5.97. The number of rotatable bonds is 5. The summed E-state index contributed by atoms with van der Waals surface area (Å²) in [7, 11) is 0. The van der Waals surface area contributed by atoms with Crippen molar-refractivity contribution in [2.45, 2.75) is 18.1 Å². The largest absolute Gasteiger partial charge is 0.478 e. The van der Waals surface area contributed by atoms with E-state index in [2.05, 4.69) is 60.4 Å². The molecule has 0 spiro atoms. The van der Waals surface area contributed by atoms with Gasteiger partial charge in [-0.1, -0.05) is 6.07 Å². The van der Waals surface area contributed by atoms with Crippen LogP contribution < -0.4 is 4.74 Å². The molecule has 0 aliphatic rings. The van der Waals surface area contributed by atoms with Gasteiger partial charge >= 0.3 is 0 Å². The Morgan fingerprint density at radius 1 is 1.37 bits per heavy atom. The number of aromatic nitrogens is 3. The molecular formula is C11H11I2N3OS2. The molecular weight excluding hydrogens is 508 g/mol. The van der Waals surface area contributed by atoms with E-state index in [9.17, 15) is 0 Å². The average molecular weight is 519 g/mol. The van der Waals surface area contributed by atoms with E-state index in [1.165, 1.54) is 0 Å². The Bertz CT molecular complexity index is 594. The number of ether oxygens (including phenoxy) is 1. The number of hydrogen-bond acceptors (Lipinski definition) is 4. The number of nitrogens with one attached hydrogen (secondary N) is 2. The van der Waals surface area contributed by atoms with E-state index in [-0.39, 0.29) is 5.44 Å². The minimum atomic E-state index is 0.0445. The molecule has 0 saturated heterocycles. The number of hydrogen-bond donors (Lipinski definition) is 2. The van der Waals surface area contributed by atoms with Crippen molar-refractivity contribution in [2.75, 3.05) is 0 Å². The van der Waals surface area contributed by atoms with Gasteiger partial charge in [0.15, 0.2) is 0 Å². The molecule has 0 radical (unpaired) electrons. The zero-order valence-corrected chi connectivity index (χ0v) is 15.9. The highest BCUT2D eigenvalue weighted by atomic mass is 127. The number of benzene rings is 1. The highest BCUT2D eigenvalue weighted by Crippen LogP contribution is 2.30. The zero-order chi connectivity index (χ0) is 13.8. The molecule has 2 rings (SSSR count). The van der Waals surface area contributed by atoms with Gasteiger partial charge < -0.3 is 4.74 Å². The van der Waals surface area contributed by atoms with Crippen LogP contribution >= 0.6 is 69.2 Å². The summed E-state index contributed by atoms with van der Waals surface area (Å²) >= 11 is 11.2. The van der Waals surface area contributed by atoms with Gasteiger partial charge in [-0.25, -0.2) is 4.98 Å². The van der Waals surface area contributed by atoms with E-state index in [0.29, 0.717) is 4.77 Å². The van der Waals surface area contributed by atoms with Crippen LogP contribution in [0.4, 0.5) is 0 Å². The topological polar surface area (TPSA) is 53.7 Å². The van der Waals surface area contributed by atoms with Gasteiger partial charge in [-0.3, -0.25) is 10.2 Å². The van der Waals surface area contributed by atoms with Crippen LogP contribution in [-0.4, -0.2) is 20.6 Å². The molecule has 1 atom stereocenters. The second-order valence-corrected chi connectivity index (χ2v) is 7.66. The number of halogens is 2. The minimum Gasteiger partial charge on any atom is -0.478 e. The van der Waals surface area contributed by atoms with Gasteiger partial charge in [0.25, 0.3) is 0 Å². The normalized spacial score (nSPS) is 12.4. The highest BCUT2D eigenvalue weighted by molar-refractivity contribution is 14.1. The molecule has 0 aliphatic carbocycles. The van der Waals surface area contributed by atoms with Crippen LogP contribution in [0, 0.1) is 11.9 Å². The summed E-state index contributed by atoms with van der Waals surface area (Å²) in [5.74, 6) is 2.51. The van der Waals surface area contributed by atoms with Crippen molar-refractivity contribution in [3.05, 3.63) is 35.9 Å². The summed E-state index contributed by atoms with van der Waals surface area (Å²) in [6, 6.07) is 6.11. The fraction of sp³-hybridized carbons (Fsp3) is 0.273. The van der Waals surface area contributed by atoms with Crippen molar-refractivity contribution < 1.29 is 4.74 Å². The lowest BCUT2D eigenvalue weighted by molar-refractivity contribution is 0.303. The van der Waals surface area contributed by atoms with Crippen LogP contribution in [0.2, 0.25) is 0 Å². The smallest absolute Gasteiger partial charge is 0.213 e. The van der Waals surface area contributed by atoms with Gasteiger partial charge in [0.05, 0.1) is 12.9 Å². The van der Waals surface area contributed by atoms with Crippen molar-refractivity contribution in [1.82, 2.24) is 15.2 Å². The molecule has 2 N–H and O–H groups in total. The predicted octanol–water partition coefficient (Wildman–Crippen LogP) is 4.33. The molecule has 0 bridgehead atoms. The second kappa shape index (κ2) is 7.27. The molecule has 0 fully saturated rings. The molecule has 0 saturated carbocycles. The molecule has 4 nitrogen and oxygen atoms in total. The number of nitrogens with zero attached hydrogens (tertiary/aromatic N) is 1. The van der Waals surface area contributed by atoms with E-state index in [4.69, 9.17) is 17.0 Å². The van der Waals surface area contributed by atoms with Gasteiger partial charge in [0, 0.05) is 0 Å². The van der Waals surface area contributed by atoms with Gasteiger partial charge in [-0.05, 0) is 76.5 Å². The summed E-state index contributed by atoms with van der Waals surface area (Å²) < 4.78 is 8.70. The summed E-state index contributed by atoms with van der Waals surface area (Å²) in [6.45, 7) is 2.03. The first kappa shape index (κ1) is 15.6. The van der Waals surface area contributed by atoms with Crippen LogP contribution in [-0.2, 0) is 5.75 Å². The molecule has 19 heavy (non-hydrogen) atoms. The van der Waals surface area contributed by atoms with Crippen molar-refractivity contribution in [3.8, 4) is 5.75 Å². The lowest BCUT2D eigenvalue weighted by Crippen LogP contribution is -2.09. The standard InChI is InChI=1S/C11H11I2N3OS2/c1-6(19-5-9-14-11(18)16-15-9)17-10-7(12)3-2-4-8(10)13/h2-4,6H,5H2,1H3,(H2,14,15,16,18). The molecule has 1 aromatic carbocycles. The third kappa shape index (κ3) is 4.60. The third-order valence-electron chi connectivity index (χ3n) is 2.21. The van der Waals surface area contributed by atoms with Crippen molar-refractivity contribution in [1.29, 1.82) is 0 Å². The lowest BCUT2D eigenvalue weighted by Gasteiger charge is -2.16. The first-order valence-electron chi connectivity index (χ1n) is 5.42. The van der Waals surface area contributed by atoms with E-state index < -0.39 is 0 Å². The first-order chi connectivity index (χ1) is 9.06. The fourth-order valence-electron chi connectivity index (χ4n) is 1.36. The van der Waals surface area contributed by atoms with Crippen molar-refractivity contribution >= 4 is 69.2 Å². The Labute approximate surface area is 147 Å². The zero-order valence-electron chi connectivity index (χ0n) is 9.94. The Morgan fingerprint density at radius 2 is 2.05 bits per heavy atom. The SMILES string of the molecule is CC(Oc1c(I)cccc1I)SCc1nc(=S)[nH][nH]1. The van der Waals surface area contributed by atoms with Crippen LogP contribution in [0.3, 0.4) is 0 Å². The van der Waals surface area contributed by atoms with E-state index in [0.717, 1.165) is 24.5 Å². The molecule has 1 unspecified atom stereocenters. The van der Waals surface area contributed by atoms with Crippen LogP contribution in [0.5, 0.6) is 5.75 Å². The predicted molar refractivity (Wildman–Crippen MR) is 97.0 cm³/mol. The molecule has 2 aromatic rings. The average Bonchev–Trinajstić information content (AvgIpc) is 2.77. The van der Waals surface area contributed by atoms with Crippen LogP contribution in [0.15, 0.2) is 18.2 Å². The van der Waals surface area contributed by atoms with Gasteiger partial charge in [-0.2, -0.15) is 0 Å². The number of aromatic amines is 2. The van der Waals surface area contributed by atoms with E-state index in [1.54, 1.807) is 11.8 Å². The number of para-hydroxylation sites is 1. The summed E-state index contributed by atoms with van der Waals surface area (Å²) in [6.07, 6.45) is 0. The van der Waals surface area contributed by atoms with E-state index >= 15 is 0 Å². The van der Waals surface area contributed by atoms with Crippen LogP contribution in [0.25, 0.3) is 0 Å². The van der Waals surface area contributed by atoms with Gasteiger partial charge in [0.1, 0.15) is 17.0 Å². The fourth-order valence-corrected chi connectivity index (χ4v) is 3.99.